The Morgan fingerprint density at radius 1 is 1.37 bits per heavy atom. The highest BCUT2D eigenvalue weighted by Crippen LogP contribution is 2.17. The van der Waals surface area contributed by atoms with Crippen molar-refractivity contribution in [2.45, 2.75) is 33.6 Å². The van der Waals surface area contributed by atoms with Gasteiger partial charge >= 0.3 is 0 Å². The third kappa shape index (κ3) is 2.50. The van der Waals surface area contributed by atoms with Crippen LogP contribution < -0.4 is 15.8 Å². The molecule has 0 aromatic heterocycles. The van der Waals surface area contributed by atoms with Crippen molar-refractivity contribution < 1.29 is 4.79 Å². The van der Waals surface area contributed by atoms with E-state index in [4.69, 9.17) is 0 Å². The molecule has 0 spiro atoms. The van der Waals surface area contributed by atoms with Gasteiger partial charge in [-0.2, -0.15) is 0 Å². The van der Waals surface area contributed by atoms with E-state index in [1.807, 2.05) is 24.0 Å². The summed E-state index contributed by atoms with van der Waals surface area (Å²) >= 11 is 0. The normalized spacial score (nSPS) is 16.6. The molecule has 0 aliphatic carbocycles. The Morgan fingerprint density at radius 3 is 2.79 bits per heavy atom. The molecule has 0 fully saturated rings. The predicted octanol–water partition coefficient (Wildman–Crippen LogP) is 1.91. The van der Waals surface area contributed by atoms with Gasteiger partial charge in [-0.25, -0.2) is 0 Å². The molecule has 1 heterocycles. The SMILES string of the molecule is C/C=c1/ccc2c(/c1=C/CC)NCN(CCC)C2=O. The Bertz CT molecular complexity index is 590. The monoisotopic (exact) mass is 258 g/mol. The second-order valence-electron chi connectivity index (χ2n) is 4.80. The van der Waals surface area contributed by atoms with E-state index in [-0.39, 0.29) is 5.91 Å². The van der Waals surface area contributed by atoms with Gasteiger partial charge in [0.2, 0.25) is 0 Å². The lowest BCUT2D eigenvalue weighted by molar-refractivity contribution is 0.0758. The van der Waals surface area contributed by atoms with E-state index in [1.54, 1.807) is 0 Å². The van der Waals surface area contributed by atoms with E-state index in [9.17, 15) is 4.79 Å². The van der Waals surface area contributed by atoms with Gasteiger partial charge in [-0.1, -0.05) is 32.1 Å². The molecule has 0 bridgehead atoms. The molecule has 1 aromatic rings. The molecule has 3 nitrogen and oxygen atoms in total. The van der Waals surface area contributed by atoms with Gasteiger partial charge in [-0.05, 0) is 31.1 Å². The molecule has 0 atom stereocenters. The predicted molar refractivity (Wildman–Crippen MR) is 80.4 cm³/mol. The third-order valence-corrected chi connectivity index (χ3v) is 3.46. The molecule has 19 heavy (non-hydrogen) atoms. The average Bonchev–Trinajstić information content (AvgIpc) is 2.43. The number of amides is 1. The number of hydrogen-bond donors (Lipinski definition) is 1. The Labute approximate surface area is 114 Å². The molecule has 1 N–H and O–H groups in total. The summed E-state index contributed by atoms with van der Waals surface area (Å²) in [7, 11) is 0. The Hall–Kier alpha value is -1.77. The van der Waals surface area contributed by atoms with Crippen molar-refractivity contribution in [1.82, 2.24) is 4.90 Å². The minimum Gasteiger partial charge on any atom is -0.367 e. The van der Waals surface area contributed by atoms with Gasteiger partial charge in [0.1, 0.15) is 0 Å². The van der Waals surface area contributed by atoms with Crippen LogP contribution in [0.3, 0.4) is 0 Å². The van der Waals surface area contributed by atoms with Gasteiger partial charge in [0.05, 0.1) is 17.9 Å². The second kappa shape index (κ2) is 5.91. The van der Waals surface area contributed by atoms with Crippen LogP contribution in [0.15, 0.2) is 12.1 Å². The molecule has 0 saturated heterocycles. The highest BCUT2D eigenvalue weighted by molar-refractivity contribution is 6.01. The molecule has 1 aliphatic heterocycles. The van der Waals surface area contributed by atoms with Crippen LogP contribution in [0.1, 0.15) is 44.0 Å². The molecular weight excluding hydrogens is 236 g/mol. The van der Waals surface area contributed by atoms with E-state index in [0.29, 0.717) is 6.67 Å². The van der Waals surface area contributed by atoms with Crippen LogP contribution in [-0.4, -0.2) is 24.0 Å². The minimum atomic E-state index is 0.143. The number of rotatable bonds is 3. The number of nitrogens with zero attached hydrogens (tertiary/aromatic N) is 1. The number of benzene rings is 1. The lowest BCUT2D eigenvalue weighted by Crippen LogP contribution is -2.44. The fourth-order valence-electron chi connectivity index (χ4n) is 2.55. The number of anilines is 1. The molecule has 0 saturated carbocycles. The maximum atomic E-state index is 12.4. The maximum absolute atomic E-state index is 12.4. The second-order valence-corrected chi connectivity index (χ2v) is 4.80. The Kier molecular flexibility index (Phi) is 4.25. The van der Waals surface area contributed by atoms with Gasteiger partial charge in [0.25, 0.3) is 5.91 Å². The van der Waals surface area contributed by atoms with Gasteiger partial charge in [0, 0.05) is 11.8 Å². The summed E-state index contributed by atoms with van der Waals surface area (Å²) in [4.78, 5) is 14.3. The van der Waals surface area contributed by atoms with Crippen molar-refractivity contribution in [3.05, 3.63) is 28.1 Å². The average molecular weight is 258 g/mol. The molecule has 0 radical (unpaired) electrons. The molecule has 3 heteroatoms. The van der Waals surface area contributed by atoms with Crippen LogP contribution in [-0.2, 0) is 0 Å². The number of nitrogens with one attached hydrogen (secondary N) is 1. The molecule has 1 amide bonds. The molecule has 1 aliphatic rings. The zero-order valence-corrected chi connectivity index (χ0v) is 12.0. The van der Waals surface area contributed by atoms with Gasteiger partial charge in [-0.3, -0.25) is 4.79 Å². The lowest BCUT2D eigenvalue weighted by atomic mass is 10.0. The van der Waals surface area contributed by atoms with E-state index in [0.717, 1.165) is 35.9 Å². The van der Waals surface area contributed by atoms with Crippen molar-refractivity contribution in [3.8, 4) is 0 Å². The fraction of sp³-hybridized carbons (Fsp3) is 0.438. The number of hydrogen-bond acceptors (Lipinski definition) is 2. The van der Waals surface area contributed by atoms with Crippen LogP contribution in [0.4, 0.5) is 5.69 Å². The van der Waals surface area contributed by atoms with E-state index < -0.39 is 0 Å². The summed E-state index contributed by atoms with van der Waals surface area (Å²) in [6.45, 7) is 7.65. The highest BCUT2D eigenvalue weighted by atomic mass is 16.2. The summed E-state index contributed by atoms with van der Waals surface area (Å²) in [5, 5.41) is 5.75. The summed E-state index contributed by atoms with van der Waals surface area (Å²) < 4.78 is 0. The van der Waals surface area contributed by atoms with Crippen LogP contribution in [0.2, 0.25) is 0 Å². The molecular formula is C16H22N2O. The van der Waals surface area contributed by atoms with Crippen LogP contribution >= 0.6 is 0 Å². The van der Waals surface area contributed by atoms with Crippen LogP contribution in [0, 0.1) is 0 Å². The summed E-state index contributed by atoms with van der Waals surface area (Å²) in [6.07, 6.45) is 6.22. The topological polar surface area (TPSA) is 32.3 Å². The first-order valence-corrected chi connectivity index (χ1v) is 7.05. The third-order valence-electron chi connectivity index (χ3n) is 3.46. The Balaban J connectivity index is 2.57. The molecule has 0 unspecified atom stereocenters. The summed E-state index contributed by atoms with van der Waals surface area (Å²) in [5.74, 6) is 0.143. The number of fused-ring (bicyclic) bond motifs is 1. The Morgan fingerprint density at radius 2 is 2.16 bits per heavy atom. The zero-order valence-electron chi connectivity index (χ0n) is 12.0. The zero-order chi connectivity index (χ0) is 13.8. The van der Waals surface area contributed by atoms with Gasteiger partial charge < -0.3 is 10.2 Å². The molecule has 1 aromatic carbocycles. The van der Waals surface area contributed by atoms with Crippen molar-refractivity contribution in [2.75, 3.05) is 18.5 Å². The first-order chi connectivity index (χ1) is 9.22. The van der Waals surface area contributed by atoms with E-state index in [1.165, 1.54) is 5.22 Å². The first kappa shape index (κ1) is 13.7. The first-order valence-electron chi connectivity index (χ1n) is 7.05. The van der Waals surface area contributed by atoms with Crippen LogP contribution in [0.25, 0.3) is 12.2 Å². The summed E-state index contributed by atoms with van der Waals surface area (Å²) in [6, 6.07) is 3.98. The molecule has 2 rings (SSSR count). The fourth-order valence-corrected chi connectivity index (χ4v) is 2.55. The number of carbonyl (C=O) groups is 1. The van der Waals surface area contributed by atoms with Crippen molar-refractivity contribution >= 4 is 23.7 Å². The minimum absolute atomic E-state index is 0.143. The number of carbonyl (C=O) groups excluding carboxylic acids is 1. The van der Waals surface area contributed by atoms with Gasteiger partial charge in [-0.15, -0.1) is 0 Å². The molecule has 102 valence electrons. The lowest BCUT2D eigenvalue weighted by Gasteiger charge is -2.29. The maximum Gasteiger partial charge on any atom is 0.257 e. The van der Waals surface area contributed by atoms with Gasteiger partial charge in [0.15, 0.2) is 0 Å². The smallest absolute Gasteiger partial charge is 0.257 e. The van der Waals surface area contributed by atoms with Crippen LogP contribution in [0.5, 0.6) is 0 Å². The van der Waals surface area contributed by atoms with E-state index >= 15 is 0 Å². The van der Waals surface area contributed by atoms with Crippen molar-refractivity contribution in [2.24, 2.45) is 0 Å². The summed E-state index contributed by atoms with van der Waals surface area (Å²) in [5.41, 5.74) is 1.79. The largest absolute Gasteiger partial charge is 0.367 e. The highest BCUT2D eigenvalue weighted by Gasteiger charge is 2.23. The van der Waals surface area contributed by atoms with E-state index in [2.05, 4.69) is 31.3 Å². The quantitative estimate of drug-likeness (QED) is 0.898. The van der Waals surface area contributed by atoms with Crippen molar-refractivity contribution in [3.63, 3.8) is 0 Å². The van der Waals surface area contributed by atoms with Crippen molar-refractivity contribution in [1.29, 1.82) is 0 Å². The standard InChI is InChI=1S/C16H22N2O/c1-4-7-13-12(6-3)8-9-14-15(13)17-11-18(10-5-2)16(14)19/h6-9,17H,4-5,10-11H2,1-3H3/b12-6-,13-7+.